The number of hydrogen-bond acceptors (Lipinski definition) is 3. The third-order valence-electron chi connectivity index (χ3n) is 5.72. The molecule has 2 fully saturated rings. The van der Waals surface area contributed by atoms with E-state index in [1.165, 1.54) is 29.5 Å². The summed E-state index contributed by atoms with van der Waals surface area (Å²) in [5, 5.41) is 3.54. The number of likely N-dealkylation sites (tertiary alicyclic amines) is 1. The average molecular weight is 388 g/mol. The first-order chi connectivity index (χ1) is 13.6. The second-order valence-corrected chi connectivity index (χ2v) is 8.23. The number of ether oxygens (including phenoxy) is 2. The highest BCUT2D eigenvalue weighted by Crippen LogP contribution is 2.18. The molecule has 2 saturated heterocycles. The van der Waals surface area contributed by atoms with Gasteiger partial charge in [-0.1, -0.05) is 29.3 Å². The average Bonchev–Trinajstić information content (AvgIpc) is 2.70. The standard InChI is InChI=1S/C23H37N3O2/c1-18-14-19(2)16-20(15-18)7-10-25-23(24-3)26-11-8-21(9-12-26)28-17-22-6-4-5-13-27-22/h14-16,21-22H,4-13,17H2,1-3H3,(H,24,25). The molecule has 28 heavy (non-hydrogen) atoms. The maximum Gasteiger partial charge on any atom is 0.193 e. The van der Waals surface area contributed by atoms with Gasteiger partial charge >= 0.3 is 0 Å². The van der Waals surface area contributed by atoms with Crippen LogP contribution < -0.4 is 5.32 Å². The van der Waals surface area contributed by atoms with Crippen molar-refractivity contribution >= 4 is 5.96 Å². The van der Waals surface area contributed by atoms with E-state index in [0.29, 0.717) is 12.2 Å². The zero-order valence-electron chi connectivity index (χ0n) is 17.9. The number of aryl methyl sites for hydroxylation is 2. The zero-order chi connectivity index (χ0) is 19.8. The number of guanidine groups is 1. The Labute approximate surface area is 170 Å². The molecule has 156 valence electrons. The van der Waals surface area contributed by atoms with Crippen molar-refractivity contribution in [1.82, 2.24) is 10.2 Å². The van der Waals surface area contributed by atoms with Crippen LogP contribution in [0.3, 0.4) is 0 Å². The van der Waals surface area contributed by atoms with E-state index in [1.54, 1.807) is 0 Å². The van der Waals surface area contributed by atoms with E-state index >= 15 is 0 Å². The number of benzene rings is 1. The van der Waals surface area contributed by atoms with Gasteiger partial charge in [0.25, 0.3) is 0 Å². The van der Waals surface area contributed by atoms with Crippen LogP contribution in [0, 0.1) is 13.8 Å². The van der Waals surface area contributed by atoms with E-state index in [2.05, 4.69) is 47.3 Å². The van der Waals surface area contributed by atoms with Crippen molar-refractivity contribution < 1.29 is 9.47 Å². The van der Waals surface area contributed by atoms with Crippen LogP contribution in [0.2, 0.25) is 0 Å². The highest BCUT2D eigenvalue weighted by Gasteiger charge is 2.23. The lowest BCUT2D eigenvalue weighted by Crippen LogP contribution is -2.47. The summed E-state index contributed by atoms with van der Waals surface area (Å²) in [5.41, 5.74) is 4.05. The Balaban J connectivity index is 1.37. The largest absolute Gasteiger partial charge is 0.376 e. The molecule has 2 aliphatic rings. The molecule has 1 aromatic rings. The number of rotatable bonds is 6. The molecule has 0 radical (unpaired) electrons. The van der Waals surface area contributed by atoms with Gasteiger partial charge in [0.15, 0.2) is 5.96 Å². The van der Waals surface area contributed by atoms with Crippen LogP contribution in [0.25, 0.3) is 0 Å². The molecule has 1 atom stereocenters. The molecular formula is C23H37N3O2. The van der Waals surface area contributed by atoms with E-state index in [4.69, 9.17) is 9.47 Å². The summed E-state index contributed by atoms with van der Waals surface area (Å²) < 4.78 is 11.9. The predicted molar refractivity (Wildman–Crippen MR) is 115 cm³/mol. The smallest absolute Gasteiger partial charge is 0.193 e. The van der Waals surface area contributed by atoms with Crippen molar-refractivity contribution in [2.24, 2.45) is 4.99 Å². The molecule has 2 heterocycles. The summed E-state index contributed by atoms with van der Waals surface area (Å²) in [4.78, 5) is 6.85. The molecular weight excluding hydrogens is 350 g/mol. The molecule has 3 rings (SSSR count). The van der Waals surface area contributed by atoms with Gasteiger partial charge in [0, 0.05) is 33.3 Å². The molecule has 5 nitrogen and oxygen atoms in total. The third kappa shape index (κ3) is 6.49. The number of nitrogens with zero attached hydrogens (tertiary/aromatic N) is 2. The van der Waals surface area contributed by atoms with Crippen LogP contribution >= 0.6 is 0 Å². The fourth-order valence-corrected chi connectivity index (χ4v) is 4.28. The quantitative estimate of drug-likeness (QED) is 0.600. The highest BCUT2D eigenvalue weighted by atomic mass is 16.5. The van der Waals surface area contributed by atoms with Gasteiger partial charge in [-0.25, -0.2) is 0 Å². The second-order valence-electron chi connectivity index (χ2n) is 8.23. The van der Waals surface area contributed by atoms with Gasteiger partial charge in [-0.3, -0.25) is 4.99 Å². The monoisotopic (exact) mass is 387 g/mol. The molecule has 0 aliphatic carbocycles. The van der Waals surface area contributed by atoms with Gasteiger partial charge in [-0.05, 0) is 57.9 Å². The summed E-state index contributed by atoms with van der Waals surface area (Å²) in [5.74, 6) is 1.01. The minimum atomic E-state index is 0.312. The topological polar surface area (TPSA) is 46.1 Å². The van der Waals surface area contributed by atoms with E-state index in [-0.39, 0.29) is 0 Å². The normalized spacial score (nSPS) is 21.8. The van der Waals surface area contributed by atoms with Crippen molar-refractivity contribution in [1.29, 1.82) is 0 Å². The third-order valence-corrected chi connectivity index (χ3v) is 5.72. The Morgan fingerprint density at radius 1 is 1.14 bits per heavy atom. The van der Waals surface area contributed by atoms with Crippen molar-refractivity contribution in [3.63, 3.8) is 0 Å². The number of nitrogens with one attached hydrogen (secondary N) is 1. The van der Waals surface area contributed by atoms with Gasteiger partial charge < -0.3 is 19.7 Å². The summed E-state index contributed by atoms with van der Waals surface area (Å²) in [6.45, 7) is 8.89. The molecule has 1 aromatic carbocycles. The second kappa shape index (κ2) is 10.8. The summed E-state index contributed by atoms with van der Waals surface area (Å²) in [6.07, 6.45) is 7.43. The van der Waals surface area contributed by atoms with Gasteiger partial charge in [0.05, 0.1) is 18.8 Å². The van der Waals surface area contributed by atoms with Crippen LogP contribution in [0.15, 0.2) is 23.2 Å². The molecule has 1 N–H and O–H groups in total. The molecule has 0 bridgehead atoms. The van der Waals surface area contributed by atoms with E-state index in [0.717, 1.165) is 64.5 Å². The first-order valence-electron chi connectivity index (χ1n) is 10.9. The highest BCUT2D eigenvalue weighted by molar-refractivity contribution is 5.79. The summed E-state index contributed by atoms with van der Waals surface area (Å²) in [7, 11) is 1.88. The summed E-state index contributed by atoms with van der Waals surface area (Å²) in [6, 6.07) is 6.77. The lowest BCUT2D eigenvalue weighted by Gasteiger charge is -2.35. The SMILES string of the molecule is CN=C(NCCc1cc(C)cc(C)c1)N1CCC(OCC2CCCCO2)CC1. The maximum atomic E-state index is 6.13. The fourth-order valence-electron chi connectivity index (χ4n) is 4.28. The zero-order valence-corrected chi connectivity index (χ0v) is 17.9. The summed E-state index contributed by atoms with van der Waals surface area (Å²) >= 11 is 0. The van der Waals surface area contributed by atoms with E-state index < -0.39 is 0 Å². The van der Waals surface area contributed by atoms with Crippen LogP contribution in [0.4, 0.5) is 0 Å². The Hall–Kier alpha value is -1.59. The van der Waals surface area contributed by atoms with Crippen LogP contribution in [0.1, 0.15) is 48.8 Å². The van der Waals surface area contributed by atoms with Crippen molar-refractivity contribution in [3.8, 4) is 0 Å². The lowest BCUT2D eigenvalue weighted by molar-refractivity contribution is -0.0721. The number of aliphatic imine (C=N–C) groups is 1. The molecule has 0 saturated carbocycles. The van der Waals surface area contributed by atoms with Crippen LogP contribution in [-0.4, -0.2) is 63.0 Å². The minimum Gasteiger partial charge on any atom is -0.376 e. The first kappa shape index (κ1) is 21.1. The molecule has 5 heteroatoms. The fraction of sp³-hybridized carbons (Fsp3) is 0.696. The molecule has 0 amide bonds. The molecule has 2 aliphatic heterocycles. The van der Waals surface area contributed by atoms with Crippen molar-refractivity contribution in [2.45, 2.75) is 64.6 Å². The van der Waals surface area contributed by atoms with E-state index in [1.807, 2.05) is 7.05 Å². The lowest BCUT2D eigenvalue weighted by atomic mass is 10.1. The number of hydrogen-bond donors (Lipinski definition) is 1. The van der Waals surface area contributed by atoms with Crippen LogP contribution in [0.5, 0.6) is 0 Å². The Morgan fingerprint density at radius 2 is 1.89 bits per heavy atom. The number of piperidine rings is 1. The Bertz CT molecular complexity index is 612. The van der Waals surface area contributed by atoms with E-state index in [9.17, 15) is 0 Å². The molecule has 0 aromatic heterocycles. The van der Waals surface area contributed by atoms with Gasteiger partial charge in [-0.15, -0.1) is 0 Å². The predicted octanol–water partition coefficient (Wildman–Crippen LogP) is 3.47. The molecule has 0 spiro atoms. The van der Waals surface area contributed by atoms with Crippen LogP contribution in [-0.2, 0) is 15.9 Å². The van der Waals surface area contributed by atoms with Gasteiger partial charge in [0.2, 0.25) is 0 Å². The first-order valence-corrected chi connectivity index (χ1v) is 10.9. The maximum absolute atomic E-state index is 6.13. The van der Waals surface area contributed by atoms with Crippen molar-refractivity contribution in [3.05, 3.63) is 34.9 Å². The van der Waals surface area contributed by atoms with Gasteiger partial charge in [-0.2, -0.15) is 0 Å². The Kier molecular flexibility index (Phi) is 8.16. The minimum absolute atomic E-state index is 0.312. The van der Waals surface area contributed by atoms with Crippen molar-refractivity contribution in [2.75, 3.05) is 39.9 Å². The Morgan fingerprint density at radius 3 is 2.54 bits per heavy atom. The molecule has 1 unspecified atom stereocenters. The van der Waals surface area contributed by atoms with Gasteiger partial charge in [0.1, 0.15) is 0 Å².